The summed E-state index contributed by atoms with van der Waals surface area (Å²) in [5.41, 5.74) is 6.75. The van der Waals surface area contributed by atoms with Crippen molar-refractivity contribution in [3.05, 3.63) is 17.8 Å². The summed E-state index contributed by atoms with van der Waals surface area (Å²) in [6.45, 7) is 8.97. The van der Waals surface area contributed by atoms with Crippen LogP contribution in [-0.4, -0.2) is 29.3 Å². The topological polar surface area (TPSA) is 55.0 Å². The number of rotatable bonds is 4. The Kier molecular flexibility index (Phi) is 3.86. The molecule has 16 heavy (non-hydrogen) atoms. The Bertz CT molecular complexity index is 324. The van der Waals surface area contributed by atoms with Crippen LogP contribution >= 0.6 is 0 Å². The molecule has 4 nitrogen and oxygen atoms in total. The first-order valence-corrected chi connectivity index (χ1v) is 5.63. The minimum Gasteiger partial charge on any atom is -0.356 e. The SMILES string of the molecule is CC(C)c1ccc(N(C)CC(C)(C)N)nn1. The summed E-state index contributed by atoms with van der Waals surface area (Å²) in [5.74, 6) is 1.28. The highest BCUT2D eigenvalue weighted by Gasteiger charge is 2.15. The number of likely N-dealkylation sites (N-methyl/N-ethyl adjacent to an activating group) is 1. The number of hydrogen-bond donors (Lipinski definition) is 1. The molecule has 1 aromatic rings. The van der Waals surface area contributed by atoms with Crippen LogP contribution < -0.4 is 10.6 Å². The largest absolute Gasteiger partial charge is 0.356 e. The van der Waals surface area contributed by atoms with E-state index in [4.69, 9.17) is 5.73 Å². The third-order valence-electron chi connectivity index (χ3n) is 2.30. The molecule has 0 bridgehead atoms. The molecular weight excluding hydrogens is 200 g/mol. The van der Waals surface area contributed by atoms with Crippen molar-refractivity contribution in [2.24, 2.45) is 5.73 Å². The third-order valence-corrected chi connectivity index (χ3v) is 2.30. The molecule has 0 saturated carbocycles. The van der Waals surface area contributed by atoms with Crippen LogP contribution in [0.4, 0.5) is 5.82 Å². The molecule has 1 aromatic heterocycles. The molecule has 0 aliphatic heterocycles. The van der Waals surface area contributed by atoms with Gasteiger partial charge in [0.15, 0.2) is 5.82 Å². The molecule has 90 valence electrons. The smallest absolute Gasteiger partial charge is 0.151 e. The molecule has 1 heterocycles. The van der Waals surface area contributed by atoms with Crippen LogP contribution in [0.5, 0.6) is 0 Å². The highest BCUT2D eigenvalue weighted by molar-refractivity contribution is 5.37. The van der Waals surface area contributed by atoms with E-state index in [1.165, 1.54) is 0 Å². The first-order valence-electron chi connectivity index (χ1n) is 5.63. The van der Waals surface area contributed by atoms with E-state index >= 15 is 0 Å². The molecular formula is C12H22N4. The van der Waals surface area contributed by atoms with Crippen molar-refractivity contribution in [3.8, 4) is 0 Å². The monoisotopic (exact) mass is 222 g/mol. The first kappa shape index (κ1) is 12.9. The number of hydrogen-bond acceptors (Lipinski definition) is 4. The van der Waals surface area contributed by atoms with Gasteiger partial charge in [-0.05, 0) is 31.9 Å². The van der Waals surface area contributed by atoms with Crippen molar-refractivity contribution >= 4 is 5.82 Å². The third kappa shape index (κ3) is 3.77. The first-order chi connectivity index (χ1) is 7.29. The van der Waals surface area contributed by atoms with Crippen LogP contribution in [0.1, 0.15) is 39.3 Å². The van der Waals surface area contributed by atoms with Crippen molar-refractivity contribution in [3.63, 3.8) is 0 Å². The van der Waals surface area contributed by atoms with Gasteiger partial charge in [-0.2, -0.15) is 5.10 Å². The summed E-state index contributed by atoms with van der Waals surface area (Å²) >= 11 is 0. The van der Waals surface area contributed by atoms with Crippen LogP contribution in [0.3, 0.4) is 0 Å². The van der Waals surface area contributed by atoms with Crippen molar-refractivity contribution in [1.82, 2.24) is 10.2 Å². The summed E-state index contributed by atoms with van der Waals surface area (Å²) < 4.78 is 0. The van der Waals surface area contributed by atoms with Gasteiger partial charge in [0, 0.05) is 19.1 Å². The van der Waals surface area contributed by atoms with E-state index in [-0.39, 0.29) is 5.54 Å². The zero-order chi connectivity index (χ0) is 12.3. The summed E-state index contributed by atoms with van der Waals surface area (Å²) in [7, 11) is 1.98. The van der Waals surface area contributed by atoms with Gasteiger partial charge in [0.25, 0.3) is 0 Å². The van der Waals surface area contributed by atoms with E-state index in [0.29, 0.717) is 5.92 Å². The predicted octanol–water partition coefficient (Wildman–Crippen LogP) is 1.77. The molecule has 0 amide bonds. The maximum absolute atomic E-state index is 5.96. The van der Waals surface area contributed by atoms with Crippen molar-refractivity contribution in [2.45, 2.75) is 39.2 Å². The van der Waals surface area contributed by atoms with Crippen LogP contribution in [0.15, 0.2) is 12.1 Å². The fourth-order valence-corrected chi connectivity index (χ4v) is 1.54. The van der Waals surface area contributed by atoms with Crippen molar-refractivity contribution < 1.29 is 0 Å². The summed E-state index contributed by atoms with van der Waals surface area (Å²) in [6.07, 6.45) is 0. The van der Waals surface area contributed by atoms with Gasteiger partial charge < -0.3 is 10.6 Å². The summed E-state index contributed by atoms with van der Waals surface area (Å²) in [5, 5.41) is 8.40. The second-order valence-electron chi connectivity index (χ2n) is 5.32. The molecule has 0 aliphatic carbocycles. The van der Waals surface area contributed by atoms with Crippen molar-refractivity contribution in [1.29, 1.82) is 0 Å². The number of nitrogens with two attached hydrogens (primary N) is 1. The molecule has 0 aromatic carbocycles. The van der Waals surface area contributed by atoms with E-state index in [1.807, 2.05) is 37.9 Å². The van der Waals surface area contributed by atoms with Crippen molar-refractivity contribution in [2.75, 3.05) is 18.5 Å². The molecule has 0 saturated heterocycles. The van der Waals surface area contributed by atoms with E-state index in [9.17, 15) is 0 Å². The summed E-state index contributed by atoms with van der Waals surface area (Å²) in [6, 6.07) is 4.01. The minimum atomic E-state index is -0.229. The van der Waals surface area contributed by atoms with Gasteiger partial charge in [-0.1, -0.05) is 13.8 Å². The molecule has 0 atom stereocenters. The molecule has 0 radical (unpaired) electrons. The van der Waals surface area contributed by atoms with Gasteiger partial charge in [-0.3, -0.25) is 0 Å². The average molecular weight is 222 g/mol. The van der Waals surface area contributed by atoms with E-state index in [1.54, 1.807) is 0 Å². The molecule has 4 heteroatoms. The second-order valence-corrected chi connectivity index (χ2v) is 5.32. The maximum atomic E-state index is 5.96. The highest BCUT2D eigenvalue weighted by atomic mass is 15.3. The lowest BCUT2D eigenvalue weighted by molar-refractivity contribution is 0.516. The lowest BCUT2D eigenvalue weighted by atomic mass is 10.1. The second kappa shape index (κ2) is 4.78. The van der Waals surface area contributed by atoms with Gasteiger partial charge in [-0.15, -0.1) is 5.10 Å². The molecule has 0 spiro atoms. The lowest BCUT2D eigenvalue weighted by Gasteiger charge is -2.27. The fraction of sp³-hybridized carbons (Fsp3) is 0.667. The predicted molar refractivity (Wildman–Crippen MR) is 67.7 cm³/mol. The Morgan fingerprint density at radius 1 is 1.31 bits per heavy atom. The number of anilines is 1. The highest BCUT2D eigenvalue weighted by Crippen LogP contribution is 2.14. The van der Waals surface area contributed by atoms with E-state index < -0.39 is 0 Å². The Hall–Kier alpha value is -1.16. The van der Waals surface area contributed by atoms with Gasteiger partial charge in [0.05, 0.1) is 5.69 Å². The minimum absolute atomic E-state index is 0.229. The lowest BCUT2D eigenvalue weighted by Crippen LogP contribution is -2.44. The van der Waals surface area contributed by atoms with Crippen LogP contribution in [0.25, 0.3) is 0 Å². The fourth-order valence-electron chi connectivity index (χ4n) is 1.54. The van der Waals surface area contributed by atoms with Gasteiger partial charge >= 0.3 is 0 Å². The molecule has 0 unspecified atom stereocenters. The quantitative estimate of drug-likeness (QED) is 0.843. The maximum Gasteiger partial charge on any atom is 0.151 e. The van der Waals surface area contributed by atoms with E-state index in [0.717, 1.165) is 18.1 Å². The average Bonchev–Trinajstić information content (AvgIpc) is 2.15. The van der Waals surface area contributed by atoms with E-state index in [2.05, 4.69) is 24.0 Å². The molecule has 0 aliphatic rings. The van der Waals surface area contributed by atoms with Crippen LogP contribution in [0.2, 0.25) is 0 Å². The zero-order valence-corrected chi connectivity index (χ0v) is 10.9. The van der Waals surface area contributed by atoms with Crippen LogP contribution in [-0.2, 0) is 0 Å². The Morgan fingerprint density at radius 2 is 1.94 bits per heavy atom. The van der Waals surface area contributed by atoms with Gasteiger partial charge in [0.2, 0.25) is 0 Å². The Balaban J connectivity index is 2.74. The Labute approximate surface area is 97.9 Å². The number of aromatic nitrogens is 2. The van der Waals surface area contributed by atoms with Crippen LogP contribution in [0, 0.1) is 0 Å². The normalized spacial score (nSPS) is 11.9. The standard InChI is InChI=1S/C12H22N4/c1-9(2)10-6-7-11(15-14-10)16(5)8-12(3,4)13/h6-7,9H,8,13H2,1-5H3. The molecule has 0 fully saturated rings. The molecule has 1 rings (SSSR count). The number of nitrogens with zero attached hydrogens (tertiary/aromatic N) is 3. The summed E-state index contributed by atoms with van der Waals surface area (Å²) in [4.78, 5) is 2.02. The molecule has 2 N–H and O–H groups in total. The van der Waals surface area contributed by atoms with Gasteiger partial charge in [0.1, 0.15) is 0 Å². The Morgan fingerprint density at radius 3 is 2.31 bits per heavy atom. The zero-order valence-electron chi connectivity index (χ0n) is 10.9. The van der Waals surface area contributed by atoms with Gasteiger partial charge in [-0.25, -0.2) is 0 Å².